The van der Waals surface area contributed by atoms with Gasteiger partial charge in [-0.05, 0) is 63.7 Å². The first kappa shape index (κ1) is 22.4. The number of hydrogen-bond acceptors (Lipinski definition) is 3. The zero-order valence-electron chi connectivity index (χ0n) is 12.9. The Labute approximate surface area is 179 Å². The van der Waals surface area contributed by atoms with Crippen LogP contribution in [-0.2, 0) is 17.1 Å². The van der Waals surface area contributed by atoms with Gasteiger partial charge < -0.3 is 20.6 Å². The molecule has 3 atom stereocenters. The topological polar surface area (TPSA) is 91.9 Å². The zero-order chi connectivity index (χ0) is 17.0. The smallest absolute Gasteiger partial charge is 0.657 e. The normalized spacial score (nSPS) is 25.5. The molecule has 1 aromatic carbocycles. The summed E-state index contributed by atoms with van der Waals surface area (Å²) in [6, 6.07) is 3.45. The Hall–Kier alpha value is 0.389. The second kappa shape index (κ2) is 10.5. The molecule has 1 aliphatic heterocycles. The standard InChI is InChI=1S/C9H16NO.C7H4I2O3.Cu/c11-8-5-1-3-7-4-2-6-10-9(7)8;8-3-1-4(7(11)12)6(10)5(9)2-3;/h7-9,11H,1-6H2;1-2,10H,(H,11,12);/q-1;;+1. The SMILES string of the molecule is O=C(O)c1cc(I)cc(I)c1O.OC1CCCC2CCC[N-]C12.[Cu+]. The van der Waals surface area contributed by atoms with Gasteiger partial charge in [-0.15, -0.1) is 12.6 Å². The largest absolute Gasteiger partial charge is 1.00 e. The summed E-state index contributed by atoms with van der Waals surface area (Å²) in [4.78, 5) is 10.6. The predicted molar refractivity (Wildman–Crippen MR) is 105 cm³/mol. The Morgan fingerprint density at radius 2 is 1.83 bits per heavy atom. The van der Waals surface area contributed by atoms with Crippen LogP contribution in [0.5, 0.6) is 5.75 Å². The maximum Gasteiger partial charge on any atom is 1.00 e. The van der Waals surface area contributed by atoms with Crippen molar-refractivity contribution in [2.45, 2.75) is 44.2 Å². The van der Waals surface area contributed by atoms with Crippen LogP contribution in [0.15, 0.2) is 12.1 Å². The van der Waals surface area contributed by atoms with Gasteiger partial charge in [-0.25, -0.2) is 4.79 Å². The van der Waals surface area contributed by atoms with Gasteiger partial charge in [-0.1, -0.05) is 31.6 Å². The van der Waals surface area contributed by atoms with Crippen LogP contribution in [0, 0.1) is 13.1 Å². The van der Waals surface area contributed by atoms with Gasteiger partial charge in [-0.2, -0.15) is 0 Å². The van der Waals surface area contributed by atoms with Crippen molar-refractivity contribution >= 4 is 51.2 Å². The second-order valence-corrected chi connectivity index (χ2v) is 8.29. The molecule has 1 saturated carbocycles. The van der Waals surface area contributed by atoms with Crippen LogP contribution in [0.3, 0.4) is 0 Å². The van der Waals surface area contributed by atoms with Crippen LogP contribution in [0.2, 0.25) is 0 Å². The van der Waals surface area contributed by atoms with E-state index in [4.69, 9.17) is 5.11 Å². The molecule has 3 rings (SSSR count). The van der Waals surface area contributed by atoms with Crippen LogP contribution >= 0.6 is 45.2 Å². The number of phenols is 1. The summed E-state index contributed by atoms with van der Waals surface area (Å²) in [7, 11) is 0. The van der Waals surface area contributed by atoms with E-state index in [2.05, 4.69) is 5.32 Å². The van der Waals surface area contributed by atoms with Gasteiger partial charge in [0.05, 0.1) is 3.57 Å². The average molecular weight is 608 g/mol. The summed E-state index contributed by atoms with van der Waals surface area (Å²) in [5.41, 5.74) is -0.0497. The number of aromatic hydroxyl groups is 1. The van der Waals surface area contributed by atoms with Gasteiger partial charge in [0.25, 0.3) is 0 Å². The molecule has 0 spiro atoms. The summed E-state index contributed by atoms with van der Waals surface area (Å²) in [6.45, 7) is 0.984. The van der Waals surface area contributed by atoms with E-state index in [1.165, 1.54) is 31.7 Å². The van der Waals surface area contributed by atoms with E-state index >= 15 is 0 Å². The first-order valence-electron chi connectivity index (χ1n) is 7.66. The van der Waals surface area contributed by atoms with Crippen molar-refractivity contribution in [1.82, 2.24) is 0 Å². The summed E-state index contributed by atoms with van der Waals surface area (Å²) < 4.78 is 1.35. The molecular weight excluding hydrogens is 588 g/mol. The molecule has 0 bridgehead atoms. The molecule has 1 aliphatic carbocycles. The van der Waals surface area contributed by atoms with Gasteiger partial charge in [0.15, 0.2) is 0 Å². The maximum atomic E-state index is 10.6. The molecule has 8 heteroatoms. The molecule has 1 saturated heterocycles. The molecule has 2 fully saturated rings. The Balaban J connectivity index is 0.000000231. The summed E-state index contributed by atoms with van der Waals surface area (Å²) in [5.74, 6) is -0.556. The van der Waals surface area contributed by atoms with Crippen molar-refractivity contribution in [2.75, 3.05) is 6.54 Å². The number of hydrogen-bond donors (Lipinski definition) is 3. The molecule has 3 unspecified atom stereocenters. The van der Waals surface area contributed by atoms with Crippen molar-refractivity contribution in [3.63, 3.8) is 0 Å². The Morgan fingerprint density at radius 1 is 1.17 bits per heavy atom. The molecule has 5 nitrogen and oxygen atoms in total. The Kier molecular flexibility index (Phi) is 9.83. The summed E-state index contributed by atoms with van der Waals surface area (Å²) in [5, 5.41) is 32.0. The third-order valence-corrected chi connectivity index (χ3v) is 5.73. The third kappa shape index (κ3) is 5.98. The number of carboxylic acid groups (broad SMARTS) is 1. The fourth-order valence-corrected chi connectivity index (χ4v) is 5.00. The van der Waals surface area contributed by atoms with Crippen LogP contribution in [-0.4, -0.2) is 40.0 Å². The first-order valence-corrected chi connectivity index (χ1v) is 9.82. The van der Waals surface area contributed by atoms with Crippen molar-refractivity contribution in [3.8, 4) is 5.75 Å². The second-order valence-electron chi connectivity index (χ2n) is 5.89. The number of piperidine rings is 1. The van der Waals surface area contributed by atoms with E-state index in [9.17, 15) is 15.0 Å². The van der Waals surface area contributed by atoms with E-state index in [1.54, 1.807) is 6.07 Å². The van der Waals surface area contributed by atoms with E-state index < -0.39 is 5.97 Å². The molecule has 0 radical (unpaired) electrons. The zero-order valence-corrected chi connectivity index (χ0v) is 18.1. The van der Waals surface area contributed by atoms with Crippen molar-refractivity contribution in [3.05, 3.63) is 30.2 Å². The van der Waals surface area contributed by atoms with Crippen molar-refractivity contribution in [1.29, 1.82) is 0 Å². The minimum atomic E-state index is -1.11. The van der Waals surface area contributed by atoms with E-state index in [-0.39, 0.29) is 34.5 Å². The number of aliphatic hydroxyl groups is 1. The van der Waals surface area contributed by atoms with Crippen molar-refractivity contribution in [2.24, 2.45) is 5.92 Å². The van der Waals surface area contributed by atoms with Crippen LogP contribution in [0.1, 0.15) is 42.5 Å². The van der Waals surface area contributed by atoms with Gasteiger partial charge in [0, 0.05) is 9.67 Å². The first-order chi connectivity index (χ1) is 10.9. The number of benzene rings is 1. The summed E-state index contributed by atoms with van der Waals surface area (Å²) >= 11 is 3.89. The molecule has 0 amide bonds. The van der Waals surface area contributed by atoms with E-state index in [1.807, 2.05) is 45.2 Å². The van der Waals surface area contributed by atoms with Crippen LogP contribution in [0.4, 0.5) is 0 Å². The number of aromatic carboxylic acids is 1. The van der Waals surface area contributed by atoms with Gasteiger partial charge in [0.1, 0.15) is 11.3 Å². The fraction of sp³-hybridized carbons (Fsp3) is 0.562. The molecule has 24 heavy (non-hydrogen) atoms. The van der Waals surface area contributed by atoms with Gasteiger partial charge in [0.2, 0.25) is 0 Å². The monoisotopic (exact) mass is 607 g/mol. The van der Waals surface area contributed by atoms with Crippen LogP contribution < -0.4 is 0 Å². The number of rotatable bonds is 1. The number of carbonyl (C=O) groups is 1. The molecular formula is C16H20CuI2NO4. The number of halogens is 2. The van der Waals surface area contributed by atoms with E-state index in [0.717, 1.165) is 16.5 Å². The maximum absolute atomic E-state index is 10.6. The molecule has 1 aromatic rings. The number of aliphatic hydroxyl groups excluding tert-OH is 1. The fourth-order valence-electron chi connectivity index (χ4n) is 3.15. The van der Waals surface area contributed by atoms with Gasteiger partial charge >= 0.3 is 23.0 Å². The quantitative estimate of drug-likeness (QED) is 0.333. The molecule has 0 aromatic heterocycles. The van der Waals surface area contributed by atoms with Crippen molar-refractivity contribution < 1.29 is 37.2 Å². The summed E-state index contributed by atoms with van der Waals surface area (Å²) in [6.07, 6.45) is 5.90. The molecule has 1 heterocycles. The Morgan fingerprint density at radius 3 is 2.46 bits per heavy atom. The Bertz CT molecular complexity index is 571. The van der Waals surface area contributed by atoms with Gasteiger partial charge in [-0.3, -0.25) is 0 Å². The molecule has 3 N–H and O–H groups in total. The minimum Gasteiger partial charge on any atom is -0.657 e. The van der Waals surface area contributed by atoms with E-state index in [0.29, 0.717) is 15.5 Å². The third-order valence-electron chi connectivity index (χ3n) is 4.28. The minimum absolute atomic E-state index is 0. The number of fused-ring (bicyclic) bond motifs is 1. The van der Waals surface area contributed by atoms with Crippen LogP contribution in [0.25, 0.3) is 5.32 Å². The molecule has 2 aliphatic rings. The average Bonchev–Trinajstić information content (AvgIpc) is 2.52. The predicted octanol–water partition coefficient (Wildman–Crippen LogP) is 3.98. The number of nitrogens with zero attached hydrogens (tertiary/aromatic N) is 1. The molecule has 138 valence electrons. The number of carboxylic acids is 1.